The zero-order valence-electron chi connectivity index (χ0n) is 10.7. The highest BCUT2D eigenvalue weighted by atomic mass is 16.4. The SMILES string of the molecule is CCc1c(C)n(C)c2c(C(=O)O)cc(C)cc12. The molecule has 2 aromatic rings. The first-order valence-corrected chi connectivity index (χ1v) is 5.79. The van der Waals surface area contributed by atoms with E-state index >= 15 is 0 Å². The Kier molecular flexibility index (Phi) is 2.69. The van der Waals surface area contributed by atoms with Crippen molar-refractivity contribution in [2.75, 3.05) is 0 Å². The topological polar surface area (TPSA) is 42.2 Å². The van der Waals surface area contributed by atoms with E-state index in [0.717, 1.165) is 28.6 Å². The molecule has 0 fully saturated rings. The number of nitrogens with zero attached hydrogens (tertiary/aromatic N) is 1. The fourth-order valence-electron chi connectivity index (χ4n) is 2.54. The second-order valence-electron chi connectivity index (χ2n) is 4.49. The van der Waals surface area contributed by atoms with Crippen molar-refractivity contribution in [3.63, 3.8) is 0 Å². The van der Waals surface area contributed by atoms with Gasteiger partial charge in [0, 0.05) is 18.1 Å². The van der Waals surface area contributed by atoms with Gasteiger partial charge in [0.1, 0.15) is 0 Å². The molecule has 0 spiro atoms. The van der Waals surface area contributed by atoms with Crippen LogP contribution in [0.3, 0.4) is 0 Å². The molecule has 0 aliphatic rings. The van der Waals surface area contributed by atoms with E-state index in [9.17, 15) is 9.90 Å². The van der Waals surface area contributed by atoms with Gasteiger partial charge >= 0.3 is 5.97 Å². The second-order valence-corrected chi connectivity index (χ2v) is 4.49. The molecule has 2 rings (SSSR count). The average Bonchev–Trinajstić information content (AvgIpc) is 2.50. The molecule has 0 radical (unpaired) electrons. The number of carbonyl (C=O) groups is 1. The largest absolute Gasteiger partial charge is 0.478 e. The summed E-state index contributed by atoms with van der Waals surface area (Å²) in [5.74, 6) is -0.859. The van der Waals surface area contributed by atoms with Crippen LogP contribution >= 0.6 is 0 Å². The number of aryl methyl sites for hydroxylation is 3. The number of benzene rings is 1. The summed E-state index contributed by atoms with van der Waals surface area (Å²) < 4.78 is 1.98. The predicted molar refractivity (Wildman–Crippen MR) is 68.7 cm³/mol. The van der Waals surface area contributed by atoms with E-state index in [1.807, 2.05) is 25.5 Å². The van der Waals surface area contributed by atoms with Crippen LogP contribution in [0.5, 0.6) is 0 Å². The molecule has 0 amide bonds. The summed E-state index contributed by atoms with van der Waals surface area (Å²) in [6.45, 7) is 6.08. The summed E-state index contributed by atoms with van der Waals surface area (Å²) in [4.78, 5) is 11.3. The molecule has 1 aromatic carbocycles. The Morgan fingerprint density at radius 2 is 2.00 bits per heavy atom. The van der Waals surface area contributed by atoms with Crippen molar-refractivity contribution in [2.24, 2.45) is 7.05 Å². The number of hydrogen-bond donors (Lipinski definition) is 1. The van der Waals surface area contributed by atoms with Crippen molar-refractivity contribution < 1.29 is 9.90 Å². The number of aromatic carboxylic acids is 1. The van der Waals surface area contributed by atoms with Crippen LogP contribution in [0, 0.1) is 13.8 Å². The fraction of sp³-hybridized carbons (Fsp3) is 0.357. The molecule has 0 saturated heterocycles. The van der Waals surface area contributed by atoms with E-state index in [4.69, 9.17) is 0 Å². The molecule has 1 heterocycles. The third-order valence-corrected chi connectivity index (χ3v) is 3.44. The first-order chi connectivity index (χ1) is 7.97. The highest BCUT2D eigenvalue weighted by Gasteiger charge is 2.17. The summed E-state index contributed by atoms with van der Waals surface area (Å²) in [7, 11) is 1.93. The van der Waals surface area contributed by atoms with E-state index in [1.54, 1.807) is 6.07 Å². The van der Waals surface area contributed by atoms with Crippen LogP contribution in [-0.4, -0.2) is 15.6 Å². The molecule has 0 aliphatic carbocycles. The normalized spacial score (nSPS) is 11.1. The average molecular weight is 231 g/mol. The molecule has 1 aromatic heterocycles. The standard InChI is InChI=1S/C14H17NO2/c1-5-10-9(3)15(4)13-11(10)6-8(2)7-12(13)14(16)17/h6-7H,5H2,1-4H3,(H,16,17). The minimum atomic E-state index is -0.859. The lowest BCUT2D eigenvalue weighted by Crippen LogP contribution is -2.02. The number of hydrogen-bond acceptors (Lipinski definition) is 1. The maximum Gasteiger partial charge on any atom is 0.337 e. The van der Waals surface area contributed by atoms with E-state index in [1.165, 1.54) is 5.56 Å². The van der Waals surface area contributed by atoms with E-state index in [2.05, 4.69) is 13.0 Å². The quantitative estimate of drug-likeness (QED) is 0.863. The molecule has 1 N–H and O–H groups in total. The smallest absolute Gasteiger partial charge is 0.337 e. The van der Waals surface area contributed by atoms with Crippen LogP contribution in [0.25, 0.3) is 10.9 Å². The third-order valence-electron chi connectivity index (χ3n) is 3.44. The van der Waals surface area contributed by atoms with Gasteiger partial charge in [-0.3, -0.25) is 0 Å². The first kappa shape index (κ1) is 11.7. The van der Waals surface area contributed by atoms with Crippen LogP contribution in [0.2, 0.25) is 0 Å². The number of rotatable bonds is 2. The minimum Gasteiger partial charge on any atom is -0.478 e. The first-order valence-electron chi connectivity index (χ1n) is 5.79. The molecule has 0 saturated carbocycles. The molecule has 0 unspecified atom stereocenters. The molecule has 17 heavy (non-hydrogen) atoms. The van der Waals surface area contributed by atoms with Crippen LogP contribution < -0.4 is 0 Å². The lowest BCUT2D eigenvalue weighted by molar-refractivity contribution is 0.0698. The number of carboxylic acid groups (broad SMARTS) is 1. The molecule has 0 atom stereocenters. The van der Waals surface area contributed by atoms with Crippen molar-refractivity contribution >= 4 is 16.9 Å². The lowest BCUT2D eigenvalue weighted by atomic mass is 10.0. The van der Waals surface area contributed by atoms with Crippen molar-refractivity contribution in [3.05, 3.63) is 34.5 Å². The summed E-state index contributed by atoms with van der Waals surface area (Å²) in [5.41, 5.74) is 4.61. The summed E-state index contributed by atoms with van der Waals surface area (Å²) in [5, 5.41) is 10.4. The minimum absolute atomic E-state index is 0.394. The van der Waals surface area contributed by atoms with Crippen LogP contribution in [0.1, 0.15) is 34.1 Å². The lowest BCUT2D eigenvalue weighted by Gasteiger charge is -2.04. The number of fused-ring (bicyclic) bond motifs is 1. The summed E-state index contributed by atoms with van der Waals surface area (Å²) in [6.07, 6.45) is 0.922. The molecule has 0 aliphatic heterocycles. The Morgan fingerprint density at radius 1 is 1.35 bits per heavy atom. The number of carboxylic acids is 1. The Bertz CT molecular complexity index is 608. The zero-order chi connectivity index (χ0) is 12.7. The third kappa shape index (κ3) is 1.62. The molecule has 0 bridgehead atoms. The van der Waals surface area contributed by atoms with Gasteiger partial charge < -0.3 is 9.67 Å². The maximum absolute atomic E-state index is 11.3. The van der Waals surface area contributed by atoms with Crippen molar-refractivity contribution in [2.45, 2.75) is 27.2 Å². The molecule has 3 nitrogen and oxygen atoms in total. The van der Waals surface area contributed by atoms with Gasteiger partial charge in [0.05, 0.1) is 11.1 Å². The van der Waals surface area contributed by atoms with Crippen molar-refractivity contribution in [3.8, 4) is 0 Å². The van der Waals surface area contributed by atoms with E-state index in [-0.39, 0.29) is 0 Å². The van der Waals surface area contributed by atoms with Crippen molar-refractivity contribution in [1.82, 2.24) is 4.57 Å². The Hall–Kier alpha value is -1.77. The monoisotopic (exact) mass is 231 g/mol. The van der Waals surface area contributed by atoms with Crippen molar-refractivity contribution in [1.29, 1.82) is 0 Å². The zero-order valence-corrected chi connectivity index (χ0v) is 10.7. The van der Waals surface area contributed by atoms with Gasteiger partial charge in [0.2, 0.25) is 0 Å². The van der Waals surface area contributed by atoms with Crippen LogP contribution in [0.15, 0.2) is 12.1 Å². The summed E-state index contributed by atoms with van der Waals surface area (Å²) in [6, 6.07) is 3.82. The fourth-order valence-corrected chi connectivity index (χ4v) is 2.54. The molecular weight excluding hydrogens is 214 g/mol. The molecular formula is C14H17NO2. The number of aromatic nitrogens is 1. The van der Waals surface area contributed by atoms with Gasteiger partial charge in [-0.2, -0.15) is 0 Å². The van der Waals surface area contributed by atoms with Crippen LogP contribution in [0.4, 0.5) is 0 Å². The van der Waals surface area contributed by atoms with Gasteiger partial charge in [-0.15, -0.1) is 0 Å². The van der Waals surface area contributed by atoms with Gasteiger partial charge in [0.25, 0.3) is 0 Å². The van der Waals surface area contributed by atoms with E-state index in [0.29, 0.717) is 5.56 Å². The predicted octanol–water partition coefficient (Wildman–Crippen LogP) is 3.06. The highest BCUT2D eigenvalue weighted by Crippen LogP contribution is 2.29. The van der Waals surface area contributed by atoms with E-state index < -0.39 is 5.97 Å². The second kappa shape index (κ2) is 3.91. The Balaban J connectivity index is 2.99. The Labute approximate surface area is 101 Å². The van der Waals surface area contributed by atoms with Crippen LogP contribution in [-0.2, 0) is 13.5 Å². The van der Waals surface area contributed by atoms with Gasteiger partial charge in [-0.05, 0) is 43.5 Å². The maximum atomic E-state index is 11.3. The highest BCUT2D eigenvalue weighted by molar-refractivity contribution is 6.04. The molecule has 90 valence electrons. The molecule has 3 heteroatoms. The van der Waals surface area contributed by atoms with Gasteiger partial charge in [0.15, 0.2) is 0 Å². The summed E-state index contributed by atoms with van der Waals surface area (Å²) >= 11 is 0. The van der Waals surface area contributed by atoms with Gasteiger partial charge in [-0.1, -0.05) is 6.92 Å². The Morgan fingerprint density at radius 3 is 2.53 bits per heavy atom. The van der Waals surface area contributed by atoms with Gasteiger partial charge in [-0.25, -0.2) is 4.79 Å².